The molecule has 5 nitrogen and oxygen atoms in total. The van der Waals surface area contributed by atoms with Gasteiger partial charge < -0.3 is 5.11 Å². The Labute approximate surface area is 226 Å². The van der Waals surface area contributed by atoms with Crippen molar-refractivity contribution in [3.05, 3.63) is 82.9 Å². The molecule has 0 saturated carbocycles. The van der Waals surface area contributed by atoms with Crippen LogP contribution in [0, 0.1) is 5.41 Å². The molecule has 0 aliphatic rings. The van der Waals surface area contributed by atoms with Gasteiger partial charge in [-0.2, -0.15) is 13.2 Å². The van der Waals surface area contributed by atoms with Crippen LogP contribution in [0.5, 0.6) is 5.75 Å². The number of ketones is 1. The second-order valence-electron chi connectivity index (χ2n) is 11.2. The number of benzene rings is 3. The molecular weight excluding hydrogens is 503 g/mol. The van der Waals surface area contributed by atoms with Crippen LogP contribution in [-0.4, -0.2) is 25.9 Å². The Morgan fingerprint density at radius 2 is 1.56 bits per heavy atom. The predicted octanol–water partition coefficient (Wildman–Crippen LogP) is 7.80. The van der Waals surface area contributed by atoms with Gasteiger partial charge in [-0.1, -0.05) is 77.4 Å². The number of alkyl halides is 3. The van der Waals surface area contributed by atoms with E-state index in [1.54, 1.807) is 6.07 Å². The average Bonchev–Trinajstić information content (AvgIpc) is 3.31. The first-order valence-electron chi connectivity index (χ1n) is 13.1. The van der Waals surface area contributed by atoms with Gasteiger partial charge in [-0.3, -0.25) is 4.79 Å². The van der Waals surface area contributed by atoms with Gasteiger partial charge in [0.15, 0.2) is 0 Å². The fourth-order valence-corrected chi connectivity index (χ4v) is 5.02. The third-order valence-electron chi connectivity index (χ3n) is 7.51. The Kier molecular flexibility index (Phi) is 7.61. The van der Waals surface area contributed by atoms with E-state index < -0.39 is 22.6 Å². The third kappa shape index (κ3) is 5.84. The van der Waals surface area contributed by atoms with E-state index in [-0.39, 0.29) is 28.3 Å². The second-order valence-corrected chi connectivity index (χ2v) is 11.2. The molecule has 39 heavy (non-hydrogen) atoms. The molecule has 0 aliphatic carbocycles. The molecule has 0 radical (unpaired) electrons. The van der Waals surface area contributed by atoms with Crippen LogP contribution >= 0.6 is 0 Å². The number of aromatic hydroxyl groups is 1. The van der Waals surface area contributed by atoms with E-state index in [9.17, 15) is 23.1 Å². The number of Topliss-reactive ketones (excluding diaryl/α,β-unsaturated/α-hetero) is 1. The van der Waals surface area contributed by atoms with Gasteiger partial charge in [0.2, 0.25) is 0 Å². The number of hydrogen-bond acceptors (Lipinski definition) is 4. The number of carbonyl (C=O) groups excluding carboxylic acids is 1. The van der Waals surface area contributed by atoms with Crippen LogP contribution in [0.25, 0.3) is 16.7 Å². The predicted molar refractivity (Wildman–Crippen MR) is 146 cm³/mol. The van der Waals surface area contributed by atoms with E-state index >= 15 is 0 Å². The summed E-state index contributed by atoms with van der Waals surface area (Å²) in [6, 6.07) is 16.5. The van der Waals surface area contributed by atoms with Crippen molar-refractivity contribution in [1.29, 1.82) is 0 Å². The third-order valence-corrected chi connectivity index (χ3v) is 7.51. The van der Waals surface area contributed by atoms with Crippen molar-refractivity contribution in [2.45, 2.75) is 71.9 Å². The molecular formula is C31H34F3N3O2. The Balaban J connectivity index is 1.82. The molecule has 0 atom stereocenters. The summed E-state index contributed by atoms with van der Waals surface area (Å²) in [6.45, 7) is 9.95. The van der Waals surface area contributed by atoms with E-state index in [0.29, 0.717) is 18.4 Å². The van der Waals surface area contributed by atoms with E-state index in [2.05, 4.69) is 17.1 Å². The normalized spacial score (nSPS) is 12.7. The van der Waals surface area contributed by atoms with Crippen LogP contribution in [0.4, 0.5) is 13.2 Å². The molecule has 0 unspecified atom stereocenters. The molecule has 0 spiro atoms. The molecule has 8 heteroatoms. The Hall–Kier alpha value is -3.68. The van der Waals surface area contributed by atoms with E-state index in [1.165, 1.54) is 10.9 Å². The number of hydrogen-bond donors (Lipinski definition) is 1. The zero-order valence-electron chi connectivity index (χ0n) is 22.9. The average molecular weight is 538 g/mol. The molecule has 0 amide bonds. The summed E-state index contributed by atoms with van der Waals surface area (Å²) in [4.78, 5) is 14.2. The molecule has 4 aromatic rings. The summed E-state index contributed by atoms with van der Waals surface area (Å²) in [6.07, 6.45) is -2.04. The maximum atomic E-state index is 13.3. The van der Waals surface area contributed by atoms with Gasteiger partial charge in [-0.15, -0.1) is 15.0 Å². The monoisotopic (exact) mass is 537 g/mol. The molecule has 0 saturated heterocycles. The standard InChI is InChI=1S/C31H34F3N3O2/c1-6-16-29(2,3)27(38)15-12-20-17-23(30(4,5)21-10-8-7-9-11-21)28(39)26(18-20)37-35-24-14-13-22(31(32,33)34)19-25(24)36-37/h7-11,13-14,17-19,39H,6,12,15-16H2,1-5H3. The van der Waals surface area contributed by atoms with Crippen molar-refractivity contribution < 1.29 is 23.1 Å². The Morgan fingerprint density at radius 3 is 2.21 bits per heavy atom. The molecule has 0 bridgehead atoms. The van der Waals surface area contributed by atoms with Crippen LogP contribution in [0.15, 0.2) is 60.7 Å². The van der Waals surface area contributed by atoms with Gasteiger partial charge in [0.05, 0.1) is 5.56 Å². The van der Waals surface area contributed by atoms with Gasteiger partial charge >= 0.3 is 6.18 Å². The minimum atomic E-state index is -4.51. The lowest BCUT2D eigenvalue weighted by atomic mass is 9.76. The molecule has 3 aromatic carbocycles. The lowest BCUT2D eigenvalue weighted by Crippen LogP contribution is -2.24. The van der Waals surface area contributed by atoms with Crippen LogP contribution in [0.2, 0.25) is 0 Å². The first kappa shape index (κ1) is 28.3. The molecule has 0 fully saturated rings. The highest BCUT2D eigenvalue weighted by atomic mass is 19.4. The molecule has 1 heterocycles. The summed E-state index contributed by atoms with van der Waals surface area (Å²) in [5.74, 6) is 0.0899. The fraction of sp³-hybridized carbons (Fsp3) is 0.387. The number of halogens is 3. The number of rotatable bonds is 9. The topological polar surface area (TPSA) is 68.0 Å². The van der Waals surface area contributed by atoms with Gasteiger partial charge in [-0.25, -0.2) is 0 Å². The van der Waals surface area contributed by atoms with E-state index in [0.717, 1.165) is 36.1 Å². The first-order chi connectivity index (χ1) is 18.2. The van der Waals surface area contributed by atoms with Crippen LogP contribution in [0.1, 0.15) is 76.1 Å². The molecule has 4 rings (SSSR count). The van der Waals surface area contributed by atoms with Gasteiger partial charge in [0.1, 0.15) is 28.3 Å². The lowest BCUT2D eigenvalue weighted by Gasteiger charge is -2.28. The zero-order chi connectivity index (χ0) is 28.6. The maximum absolute atomic E-state index is 13.3. The number of aromatic nitrogens is 3. The number of fused-ring (bicyclic) bond motifs is 1. The smallest absolute Gasteiger partial charge is 0.416 e. The maximum Gasteiger partial charge on any atom is 0.416 e. The summed E-state index contributed by atoms with van der Waals surface area (Å²) in [5, 5.41) is 20.2. The van der Waals surface area contributed by atoms with Crippen molar-refractivity contribution in [1.82, 2.24) is 15.0 Å². The Bertz CT molecular complexity index is 1490. The van der Waals surface area contributed by atoms with Crippen molar-refractivity contribution in [2.24, 2.45) is 5.41 Å². The van der Waals surface area contributed by atoms with Crippen LogP contribution < -0.4 is 0 Å². The zero-order valence-corrected chi connectivity index (χ0v) is 22.9. The van der Waals surface area contributed by atoms with Crippen molar-refractivity contribution in [3.8, 4) is 11.4 Å². The van der Waals surface area contributed by atoms with Gasteiger partial charge in [0, 0.05) is 22.8 Å². The van der Waals surface area contributed by atoms with E-state index in [4.69, 9.17) is 0 Å². The van der Waals surface area contributed by atoms with E-state index in [1.807, 2.05) is 64.1 Å². The summed E-state index contributed by atoms with van der Waals surface area (Å²) < 4.78 is 39.8. The van der Waals surface area contributed by atoms with Gasteiger partial charge in [-0.05, 0) is 48.2 Å². The van der Waals surface area contributed by atoms with Crippen molar-refractivity contribution >= 4 is 16.8 Å². The number of phenolic OH excluding ortho intramolecular Hbond substituents is 1. The van der Waals surface area contributed by atoms with Gasteiger partial charge in [0.25, 0.3) is 0 Å². The van der Waals surface area contributed by atoms with Crippen molar-refractivity contribution in [2.75, 3.05) is 0 Å². The highest BCUT2D eigenvalue weighted by Crippen LogP contribution is 2.41. The van der Waals surface area contributed by atoms with Crippen molar-refractivity contribution in [3.63, 3.8) is 0 Å². The molecule has 206 valence electrons. The molecule has 1 aromatic heterocycles. The lowest BCUT2D eigenvalue weighted by molar-refractivity contribution is -0.137. The summed E-state index contributed by atoms with van der Waals surface area (Å²) >= 11 is 0. The minimum Gasteiger partial charge on any atom is -0.505 e. The number of aryl methyl sites for hydroxylation is 1. The number of carbonyl (C=O) groups is 1. The second kappa shape index (κ2) is 10.5. The fourth-order valence-electron chi connectivity index (χ4n) is 5.02. The molecule has 0 aliphatic heterocycles. The minimum absolute atomic E-state index is 0.0648. The quantitative estimate of drug-likeness (QED) is 0.237. The largest absolute Gasteiger partial charge is 0.505 e. The Morgan fingerprint density at radius 1 is 0.897 bits per heavy atom. The van der Waals surface area contributed by atoms with Crippen LogP contribution in [-0.2, 0) is 22.8 Å². The molecule has 1 N–H and O–H groups in total. The summed E-state index contributed by atoms with van der Waals surface area (Å²) in [5.41, 5.74) is 1.09. The number of nitrogens with zero attached hydrogens (tertiary/aromatic N) is 3. The first-order valence-corrected chi connectivity index (χ1v) is 13.1. The highest BCUT2D eigenvalue weighted by Gasteiger charge is 2.32. The highest BCUT2D eigenvalue weighted by molar-refractivity contribution is 5.84. The SMILES string of the molecule is CCCC(C)(C)C(=O)CCc1cc(-n2nc3ccc(C(F)(F)F)cc3n2)c(O)c(C(C)(C)c2ccccc2)c1. The number of phenols is 1. The van der Waals surface area contributed by atoms with Crippen LogP contribution in [0.3, 0.4) is 0 Å². The summed E-state index contributed by atoms with van der Waals surface area (Å²) in [7, 11) is 0.